The highest BCUT2D eigenvalue weighted by Gasteiger charge is 2.64. The van der Waals surface area contributed by atoms with E-state index in [4.69, 9.17) is 9.47 Å². The van der Waals surface area contributed by atoms with Crippen LogP contribution in [0, 0.1) is 17.8 Å². The molecule has 2 saturated carbocycles. The number of halogens is 3. The van der Waals surface area contributed by atoms with Crippen LogP contribution in [0.5, 0.6) is 11.8 Å². The van der Waals surface area contributed by atoms with Crippen LogP contribution in [0.15, 0.2) is 42.5 Å². The van der Waals surface area contributed by atoms with E-state index in [1.54, 1.807) is 43.3 Å². The first kappa shape index (κ1) is 43.0. The van der Waals surface area contributed by atoms with E-state index in [9.17, 15) is 41.1 Å². The molecule has 0 spiro atoms. The van der Waals surface area contributed by atoms with Gasteiger partial charge in [0.2, 0.25) is 33.6 Å². The zero-order valence-corrected chi connectivity index (χ0v) is 34.3. The zero-order valence-electron chi connectivity index (χ0n) is 33.5. The molecule has 6 rings (SSSR count). The van der Waals surface area contributed by atoms with Crippen LogP contribution in [0.3, 0.4) is 0 Å². The largest absolute Gasteiger partial charge is 0.481 e. The normalized spacial score (nSPS) is 29.5. The number of carbonyl (C=O) groups is 4. The minimum Gasteiger partial charge on any atom is -0.481 e. The fraction of sp³-hybridized carbons (Fsp3) is 0.625. The maximum Gasteiger partial charge on any atom is 0.411 e. The van der Waals surface area contributed by atoms with Crippen molar-refractivity contribution in [2.24, 2.45) is 17.8 Å². The standard InChI is InChI=1S/C40H52F3N5O9S/c1-7-24-18-23(2)12-8-10-14-26-21-39(26,35(51)46-58(54,55)38(5)16-17-38)45-32(49)29-20-27(57-33-28-15-11-9-13-25(28)19-30(44-33)56-6)22-47(29)34(50)31(24)48(36(52)53)37(3,4)40(41,42)43/h9-11,13-15,19,23-24,26-27,29,31H,7-8,12,16-18,20-22H2,1-6H3,(H,45,49)(H,46,51)(H,52,53)/b14-10-/t23-,24+,26+,27+,29-,31-,39+/m0/s1. The van der Waals surface area contributed by atoms with Crippen LogP contribution in [0.4, 0.5) is 18.0 Å². The summed E-state index contributed by atoms with van der Waals surface area (Å²) < 4.78 is 83.6. The van der Waals surface area contributed by atoms with Crippen molar-refractivity contribution in [3.8, 4) is 11.8 Å². The molecule has 0 unspecified atom stereocenters. The SMILES string of the molecule is CC[C@@H]1C[C@@H](C)CC/C=C\[C@@H]2C[C@@]2(C(=O)NS(=O)(=O)C2(C)CC2)NC(=O)[C@@H]2C[C@@H](Oc3nc(OC)cc4ccccc34)CN2C(=O)[C@H]1N(C(=O)O)C(C)(C)C(F)(F)F. The maximum atomic E-state index is 15.1. The second-order valence-electron chi connectivity index (χ2n) is 17.0. The third kappa shape index (κ3) is 8.04. The number of allylic oxidation sites excluding steroid dienone is 1. The maximum absolute atomic E-state index is 15.1. The first-order chi connectivity index (χ1) is 27.1. The number of methoxy groups -OCH3 is 1. The van der Waals surface area contributed by atoms with Gasteiger partial charge in [-0.2, -0.15) is 18.2 Å². The molecule has 0 radical (unpaired) electrons. The van der Waals surface area contributed by atoms with Crippen LogP contribution in [0.2, 0.25) is 0 Å². The van der Waals surface area contributed by atoms with Gasteiger partial charge >= 0.3 is 12.3 Å². The summed E-state index contributed by atoms with van der Waals surface area (Å²) in [4.78, 5) is 62.4. The summed E-state index contributed by atoms with van der Waals surface area (Å²) in [5.41, 5.74) is -4.75. The molecule has 7 atom stereocenters. The lowest BCUT2D eigenvalue weighted by Crippen LogP contribution is -2.66. The first-order valence-electron chi connectivity index (χ1n) is 19.6. The van der Waals surface area contributed by atoms with Gasteiger partial charge in [0, 0.05) is 23.8 Å². The Labute approximate surface area is 335 Å². The molecule has 0 bridgehead atoms. The van der Waals surface area contributed by atoms with Crippen LogP contribution in [0.1, 0.15) is 86.0 Å². The number of hydrogen-bond donors (Lipinski definition) is 3. The Balaban J connectivity index is 1.45. The number of ether oxygens (including phenoxy) is 2. The number of fused-ring (bicyclic) bond motifs is 3. The molecule has 2 aliphatic carbocycles. The van der Waals surface area contributed by atoms with Crippen LogP contribution >= 0.6 is 0 Å². The minimum atomic E-state index is -5.09. The Morgan fingerprint density at radius 2 is 1.84 bits per heavy atom. The number of amides is 4. The topological polar surface area (TPSA) is 185 Å². The first-order valence-corrected chi connectivity index (χ1v) is 21.1. The molecule has 1 saturated heterocycles. The Morgan fingerprint density at radius 1 is 1.16 bits per heavy atom. The number of pyridine rings is 1. The van der Waals surface area contributed by atoms with Gasteiger partial charge in [-0.25, -0.2) is 13.2 Å². The highest BCUT2D eigenvalue weighted by atomic mass is 32.2. The number of carboxylic acid groups (broad SMARTS) is 1. The van der Waals surface area contributed by atoms with Crippen LogP contribution in [-0.4, -0.2) is 106 Å². The van der Waals surface area contributed by atoms with E-state index in [1.165, 1.54) is 14.0 Å². The molecule has 58 heavy (non-hydrogen) atoms. The van der Waals surface area contributed by atoms with E-state index in [0.29, 0.717) is 50.3 Å². The monoisotopic (exact) mass is 835 g/mol. The molecule has 3 N–H and O–H groups in total. The Hall–Kier alpha value is -4.61. The molecule has 2 aromatic rings. The fourth-order valence-electron chi connectivity index (χ4n) is 8.27. The molecule has 3 heterocycles. The third-order valence-electron chi connectivity index (χ3n) is 12.5. The number of nitrogens with zero attached hydrogens (tertiary/aromatic N) is 3. The predicted octanol–water partition coefficient (Wildman–Crippen LogP) is 5.56. The van der Waals surface area contributed by atoms with Crippen LogP contribution < -0.4 is 19.5 Å². The van der Waals surface area contributed by atoms with E-state index in [1.807, 2.05) is 13.0 Å². The van der Waals surface area contributed by atoms with Gasteiger partial charge in [-0.1, -0.05) is 50.6 Å². The third-order valence-corrected chi connectivity index (χ3v) is 14.7. The zero-order chi connectivity index (χ0) is 42.6. The number of sulfonamides is 1. The van der Waals surface area contributed by atoms with E-state index >= 15 is 4.79 Å². The van der Waals surface area contributed by atoms with Crippen LogP contribution in [0.25, 0.3) is 10.8 Å². The number of benzene rings is 1. The average Bonchev–Trinajstić information content (AvgIpc) is 4.03. The molecule has 4 aliphatic rings. The molecule has 4 amide bonds. The van der Waals surface area contributed by atoms with Crippen molar-refractivity contribution in [3.05, 3.63) is 42.5 Å². The van der Waals surface area contributed by atoms with Crippen LogP contribution in [-0.2, 0) is 24.4 Å². The molecule has 2 aliphatic heterocycles. The molecule has 14 nitrogen and oxygen atoms in total. The van der Waals surface area contributed by atoms with E-state index in [-0.39, 0.29) is 54.8 Å². The summed E-state index contributed by atoms with van der Waals surface area (Å²) in [6, 6.07) is 5.42. The highest BCUT2D eigenvalue weighted by molar-refractivity contribution is 7.91. The van der Waals surface area contributed by atoms with Gasteiger partial charge in [-0.15, -0.1) is 0 Å². The van der Waals surface area contributed by atoms with Gasteiger partial charge in [0.05, 0.1) is 18.4 Å². The van der Waals surface area contributed by atoms with E-state index in [2.05, 4.69) is 15.0 Å². The van der Waals surface area contributed by atoms with Gasteiger partial charge in [0.25, 0.3) is 5.91 Å². The van der Waals surface area contributed by atoms with Crippen molar-refractivity contribution in [2.75, 3.05) is 13.7 Å². The Bertz CT molecular complexity index is 2090. The molecule has 318 valence electrons. The summed E-state index contributed by atoms with van der Waals surface area (Å²) in [6.07, 6.45) is -2.65. The molecule has 18 heteroatoms. The number of carbonyl (C=O) groups excluding carboxylic acids is 3. The van der Waals surface area contributed by atoms with E-state index < -0.39 is 85.9 Å². The number of hydrogen-bond acceptors (Lipinski definition) is 9. The molecular weight excluding hydrogens is 784 g/mol. The van der Waals surface area contributed by atoms with Crippen molar-refractivity contribution in [1.29, 1.82) is 0 Å². The Morgan fingerprint density at radius 3 is 2.47 bits per heavy atom. The number of alkyl halides is 3. The van der Waals surface area contributed by atoms with Crippen molar-refractivity contribution in [2.45, 2.75) is 126 Å². The second-order valence-corrected chi connectivity index (χ2v) is 19.2. The molecule has 1 aromatic carbocycles. The van der Waals surface area contributed by atoms with Crippen molar-refractivity contribution < 1.29 is 55.3 Å². The van der Waals surface area contributed by atoms with Gasteiger partial charge < -0.3 is 24.8 Å². The Kier molecular flexibility index (Phi) is 11.5. The van der Waals surface area contributed by atoms with Crippen molar-refractivity contribution >= 4 is 44.6 Å². The lowest BCUT2D eigenvalue weighted by Gasteiger charge is -2.46. The summed E-state index contributed by atoms with van der Waals surface area (Å²) in [6.45, 7) is 6.11. The lowest BCUT2D eigenvalue weighted by molar-refractivity contribution is -0.222. The molecule has 1 aromatic heterocycles. The second kappa shape index (κ2) is 15.5. The van der Waals surface area contributed by atoms with Gasteiger partial charge in [0.15, 0.2) is 0 Å². The minimum absolute atomic E-state index is 0.0519. The number of rotatable bonds is 9. The average molecular weight is 836 g/mol. The van der Waals surface area contributed by atoms with Gasteiger partial charge in [0.1, 0.15) is 29.3 Å². The smallest absolute Gasteiger partial charge is 0.411 e. The van der Waals surface area contributed by atoms with E-state index in [0.717, 1.165) is 4.90 Å². The summed E-state index contributed by atoms with van der Waals surface area (Å²) in [5.74, 6) is -4.24. The van der Waals surface area contributed by atoms with Crippen molar-refractivity contribution in [3.63, 3.8) is 0 Å². The molecule has 3 fully saturated rings. The summed E-state index contributed by atoms with van der Waals surface area (Å²) in [7, 11) is -2.70. The number of aromatic nitrogens is 1. The highest BCUT2D eigenvalue weighted by Crippen LogP contribution is 2.48. The summed E-state index contributed by atoms with van der Waals surface area (Å²) in [5, 5.41) is 14.6. The quantitative estimate of drug-likeness (QED) is 0.271. The molecular formula is C40H52F3N5O9S. The van der Waals surface area contributed by atoms with Gasteiger partial charge in [-0.05, 0) is 82.6 Å². The predicted molar refractivity (Wildman–Crippen MR) is 206 cm³/mol. The van der Waals surface area contributed by atoms with Crippen molar-refractivity contribution in [1.82, 2.24) is 24.8 Å². The van der Waals surface area contributed by atoms with Gasteiger partial charge in [-0.3, -0.25) is 24.0 Å². The lowest BCUT2D eigenvalue weighted by atomic mass is 9.82. The fourth-order valence-corrected chi connectivity index (χ4v) is 9.58. The number of nitrogens with one attached hydrogen (secondary N) is 2. The summed E-state index contributed by atoms with van der Waals surface area (Å²) >= 11 is 0.